The Labute approximate surface area is 123 Å². The second-order valence-electron chi connectivity index (χ2n) is 6.81. The predicted molar refractivity (Wildman–Crippen MR) is 86.9 cm³/mol. The maximum absolute atomic E-state index is 4.76. The third kappa shape index (κ3) is 3.68. The molecule has 1 aliphatic heterocycles. The minimum absolute atomic E-state index is 0.425. The average Bonchev–Trinajstić information content (AvgIpc) is 2.82. The lowest BCUT2D eigenvalue weighted by molar-refractivity contribution is 0.186. The van der Waals surface area contributed by atoms with E-state index in [0.29, 0.717) is 16.7 Å². The van der Waals surface area contributed by atoms with E-state index in [-0.39, 0.29) is 0 Å². The molecular weight excluding hydrogens is 252 g/mol. The third-order valence-corrected chi connectivity index (χ3v) is 6.36. The van der Waals surface area contributed by atoms with Gasteiger partial charge in [-0.25, -0.2) is 0 Å². The number of hydrogen-bond donors (Lipinski definition) is 1. The van der Waals surface area contributed by atoms with Crippen molar-refractivity contribution in [1.82, 2.24) is 5.32 Å². The summed E-state index contributed by atoms with van der Waals surface area (Å²) < 4.78 is 0. The molecule has 19 heavy (non-hydrogen) atoms. The van der Waals surface area contributed by atoms with Crippen LogP contribution in [0.25, 0.3) is 0 Å². The first-order valence-electron chi connectivity index (χ1n) is 8.04. The topological polar surface area (TPSA) is 24.4 Å². The SMILES string of the molecule is CCC(CC)C1CN=C(NC2CCCCC2(C)C)S1. The highest BCUT2D eigenvalue weighted by Gasteiger charge is 2.34. The average molecular weight is 282 g/mol. The molecule has 2 aliphatic rings. The molecule has 1 N–H and O–H groups in total. The molecule has 0 aromatic heterocycles. The number of rotatable bonds is 4. The molecule has 2 rings (SSSR count). The number of amidine groups is 1. The van der Waals surface area contributed by atoms with Crippen LogP contribution in [0.2, 0.25) is 0 Å². The Morgan fingerprint density at radius 2 is 2.05 bits per heavy atom. The summed E-state index contributed by atoms with van der Waals surface area (Å²) in [5, 5.41) is 5.69. The van der Waals surface area contributed by atoms with Gasteiger partial charge in [-0.3, -0.25) is 4.99 Å². The maximum Gasteiger partial charge on any atom is 0.157 e. The Kier molecular flexibility index (Phi) is 5.22. The standard InChI is InChI=1S/C16H30N2S/c1-5-12(6-2)13-11-17-15(19-13)18-14-9-7-8-10-16(14,3)4/h12-14H,5-11H2,1-4H3,(H,17,18). The summed E-state index contributed by atoms with van der Waals surface area (Å²) in [5.41, 5.74) is 0.425. The largest absolute Gasteiger partial charge is 0.362 e. The van der Waals surface area contributed by atoms with Crippen LogP contribution in [0.1, 0.15) is 66.2 Å². The van der Waals surface area contributed by atoms with Gasteiger partial charge >= 0.3 is 0 Å². The highest BCUT2D eigenvalue weighted by Crippen LogP contribution is 2.37. The van der Waals surface area contributed by atoms with E-state index < -0.39 is 0 Å². The van der Waals surface area contributed by atoms with Crippen LogP contribution in [-0.2, 0) is 0 Å². The number of aliphatic imine (C=N–C) groups is 1. The minimum atomic E-state index is 0.425. The Balaban J connectivity index is 1.87. The van der Waals surface area contributed by atoms with Crippen LogP contribution < -0.4 is 5.32 Å². The molecule has 3 heteroatoms. The van der Waals surface area contributed by atoms with Gasteiger partial charge in [0.15, 0.2) is 5.17 Å². The molecule has 1 heterocycles. The summed E-state index contributed by atoms with van der Waals surface area (Å²) in [6.45, 7) is 10.5. The van der Waals surface area contributed by atoms with Crippen molar-refractivity contribution in [1.29, 1.82) is 0 Å². The first-order valence-corrected chi connectivity index (χ1v) is 8.92. The maximum atomic E-state index is 4.76. The molecule has 1 fully saturated rings. The minimum Gasteiger partial charge on any atom is -0.362 e. The highest BCUT2D eigenvalue weighted by atomic mass is 32.2. The summed E-state index contributed by atoms with van der Waals surface area (Å²) in [6.07, 6.45) is 7.98. The first kappa shape index (κ1) is 15.2. The lowest BCUT2D eigenvalue weighted by atomic mass is 9.73. The van der Waals surface area contributed by atoms with Crippen LogP contribution in [0, 0.1) is 11.3 Å². The first-order chi connectivity index (χ1) is 9.06. The molecule has 0 spiro atoms. The third-order valence-electron chi connectivity index (χ3n) is 5.06. The number of hydrogen-bond acceptors (Lipinski definition) is 3. The fourth-order valence-corrected chi connectivity index (χ4v) is 4.81. The van der Waals surface area contributed by atoms with Crippen LogP contribution in [0.15, 0.2) is 4.99 Å². The van der Waals surface area contributed by atoms with Crippen molar-refractivity contribution < 1.29 is 0 Å². The van der Waals surface area contributed by atoms with E-state index in [0.717, 1.165) is 12.5 Å². The molecule has 0 radical (unpaired) electrons. The van der Waals surface area contributed by atoms with Crippen LogP contribution in [0.3, 0.4) is 0 Å². The van der Waals surface area contributed by atoms with Gasteiger partial charge in [0.25, 0.3) is 0 Å². The van der Waals surface area contributed by atoms with Crippen molar-refractivity contribution >= 4 is 16.9 Å². The van der Waals surface area contributed by atoms with Gasteiger partial charge in [-0.15, -0.1) is 0 Å². The van der Waals surface area contributed by atoms with Crippen molar-refractivity contribution in [3.8, 4) is 0 Å². The van der Waals surface area contributed by atoms with E-state index >= 15 is 0 Å². The fourth-order valence-electron chi connectivity index (χ4n) is 3.44. The molecule has 0 saturated heterocycles. The predicted octanol–water partition coefficient (Wildman–Crippen LogP) is 4.45. The van der Waals surface area contributed by atoms with E-state index in [2.05, 4.69) is 33.0 Å². The molecule has 1 aliphatic carbocycles. The van der Waals surface area contributed by atoms with E-state index in [9.17, 15) is 0 Å². The van der Waals surface area contributed by atoms with Crippen LogP contribution in [-0.4, -0.2) is 23.0 Å². The Bertz CT molecular complexity index is 321. The Morgan fingerprint density at radius 1 is 1.32 bits per heavy atom. The van der Waals surface area contributed by atoms with Gasteiger partial charge in [0.1, 0.15) is 0 Å². The van der Waals surface area contributed by atoms with Crippen molar-refractivity contribution in [3.05, 3.63) is 0 Å². The van der Waals surface area contributed by atoms with Crippen molar-refractivity contribution in [2.24, 2.45) is 16.3 Å². The molecule has 2 atom stereocenters. The second kappa shape index (κ2) is 6.51. The zero-order chi connectivity index (χ0) is 13.9. The summed E-state index contributed by atoms with van der Waals surface area (Å²) >= 11 is 2.00. The zero-order valence-corrected chi connectivity index (χ0v) is 13.9. The lowest BCUT2D eigenvalue weighted by Crippen LogP contribution is -2.45. The summed E-state index contributed by atoms with van der Waals surface area (Å²) in [4.78, 5) is 4.76. The molecule has 0 aromatic carbocycles. The molecule has 2 nitrogen and oxygen atoms in total. The van der Waals surface area contributed by atoms with Gasteiger partial charge in [-0.05, 0) is 24.2 Å². The fraction of sp³-hybridized carbons (Fsp3) is 0.938. The molecule has 2 unspecified atom stereocenters. The Hall–Kier alpha value is -0.180. The van der Waals surface area contributed by atoms with Gasteiger partial charge in [0, 0.05) is 11.3 Å². The van der Waals surface area contributed by atoms with Gasteiger partial charge in [-0.1, -0.05) is 65.1 Å². The van der Waals surface area contributed by atoms with Gasteiger partial charge < -0.3 is 5.32 Å². The van der Waals surface area contributed by atoms with E-state index in [1.54, 1.807) is 0 Å². The summed E-state index contributed by atoms with van der Waals surface area (Å²) in [7, 11) is 0. The quantitative estimate of drug-likeness (QED) is 0.823. The van der Waals surface area contributed by atoms with Crippen LogP contribution in [0.4, 0.5) is 0 Å². The Morgan fingerprint density at radius 3 is 2.68 bits per heavy atom. The molecule has 1 saturated carbocycles. The van der Waals surface area contributed by atoms with Crippen molar-refractivity contribution in [3.63, 3.8) is 0 Å². The van der Waals surface area contributed by atoms with E-state index in [1.165, 1.54) is 43.7 Å². The molecule has 0 amide bonds. The van der Waals surface area contributed by atoms with Gasteiger partial charge in [-0.2, -0.15) is 0 Å². The molecule has 0 aromatic rings. The monoisotopic (exact) mass is 282 g/mol. The summed E-state index contributed by atoms with van der Waals surface area (Å²) in [5.74, 6) is 0.826. The number of thioether (sulfide) groups is 1. The van der Waals surface area contributed by atoms with E-state index in [4.69, 9.17) is 4.99 Å². The van der Waals surface area contributed by atoms with Gasteiger partial charge in [0.2, 0.25) is 0 Å². The van der Waals surface area contributed by atoms with Crippen LogP contribution in [0.5, 0.6) is 0 Å². The second-order valence-corrected chi connectivity index (χ2v) is 8.04. The zero-order valence-electron chi connectivity index (χ0n) is 13.0. The van der Waals surface area contributed by atoms with E-state index in [1.807, 2.05) is 11.8 Å². The molecule has 110 valence electrons. The normalized spacial score (nSPS) is 30.5. The van der Waals surface area contributed by atoms with Gasteiger partial charge in [0.05, 0.1) is 6.54 Å². The highest BCUT2D eigenvalue weighted by molar-refractivity contribution is 8.14. The lowest BCUT2D eigenvalue weighted by Gasteiger charge is -2.39. The van der Waals surface area contributed by atoms with Crippen LogP contribution >= 0.6 is 11.8 Å². The number of nitrogens with zero attached hydrogens (tertiary/aromatic N) is 1. The number of nitrogens with one attached hydrogen (secondary N) is 1. The summed E-state index contributed by atoms with van der Waals surface area (Å²) in [6, 6.07) is 0.618. The molecular formula is C16H30N2S. The van der Waals surface area contributed by atoms with Crippen molar-refractivity contribution in [2.75, 3.05) is 6.54 Å². The molecule has 0 bridgehead atoms. The van der Waals surface area contributed by atoms with Crippen molar-refractivity contribution in [2.45, 2.75) is 77.5 Å². The smallest absolute Gasteiger partial charge is 0.157 e.